The fraction of sp³-hybridized carbons (Fsp3) is 0.333. The molecule has 0 radical (unpaired) electrons. The number of hydrogen-bond donors (Lipinski definition) is 2. The van der Waals surface area contributed by atoms with Crippen LogP contribution in [0.5, 0.6) is 5.75 Å². The van der Waals surface area contributed by atoms with Crippen LogP contribution >= 0.6 is 23.2 Å². The molecule has 1 amide bonds. The summed E-state index contributed by atoms with van der Waals surface area (Å²) in [6.45, 7) is 3.69. The molecule has 2 N–H and O–H groups in total. The molecule has 2 unspecified atom stereocenters. The maximum atomic E-state index is 13.0. The van der Waals surface area contributed by atoms with Crippen molar-refractivity contribution in [2.45, 2.75) is 32.0 Å². The number of amides is 1. The predicted octanol–water partition coefficient (Wildman–Crippen LogP) is 3.86. The second-order valence-electron chi connectivity index (χ2n) is 8.19. The van der Waals surface area contributed by atoms with E-state index in [2.05, 4.69) is 15.2 Å². The molecule has 2 aromatic carbocycles. The highest BCUT2D eigenvalue weighted by molar-refractivity contribution is 6.42. The van der Waals surface area contributed by atoms with Crippen LogP contribution in [0.2, 0.25) is 10.0 Å². The highest BCUT2D eigenvalue weighted by atomic mass is 35.5. The number of methoxy groups -OCH3 is 1. The van der Waals surface area contributed by atoms with Crippen LogP contribution in [0.25, 0.3) is 5.69 Å². The van der Waals surface area contributed by atoms with E-state index < -0.39 is 12.1 Å². The number of rotatable bonds is 6. The molecule has 1 aliphatic heterocycles. The van der Waals surface area contributed by atoms with Gasteiger partial charge in [0.15, 0.2) is 0 Å². The summed E-state index contributed by atoms with van der Waals surface area (Å²) in [5, 5.41) is 14.5. The van der Waals surface area contributed by atoms with Crippen LogP contribution < -0.4 is 10.1 Å². The van der Waals surface area contributed by atoms with Crippen molar-refractivity contribution < 1.29 is 14.6 Å². The number of carbonyl (C=O) groups is 1. The maximum Gasteiger partial charge on any atom is 0.251 e. The maximum absolute atomic E-state index is 13.0. The number of imidazole rings is 1. The third kappa shape index (κ3) is 5.33. The van der Waals surface area contributed by atoms with Crippen molar-refractivity contribution in [2.75, 3.05) is 20.2 Å². The zero-order valence-corrected chi connectivity index (χ0v) is 20.0. The number of aliphatic hydroxyl groups is 1. The summed E-state index contributed by atoms with van der Waals surface area (Å²) in [5.74, 6) is 0.287. The number of aryl methyl sites for hydroxylation is 1. The summed E-state index contributed by atoms with van der Waals surface area (Å²) in [7, 11) is 1.56. The molecule has 0 spiro atoms. The Hall–Kier alpha value is -2.58. The first-order chi connectivity index (χ1) is 15.9. The number of carbonyl (C=O) groups excluding carboxylic acids is 1. The number of piperidine rings is 1. The van der Waals surface area contributed by atoms with Crippen LogP contribution in [-0.4, -0.2) is 57.8 Å². The van der Waals surface area contributed by atoms with Crippen LogP contribution in [0.15, 0.2) is 48.9 Å². The van der Waals surface area contributed by atoms with Gasteiger partial charge in [-0.15, -0.1) is 0 Å². The Bertz CT molecular complexity index is 1150. The van der Waals surface area contributed by atoms with Gasteiger partial charge in [-0.05, 0) is 43.2 Å². The Morgan fingerprint density at radius 1 is 1.30 bits per heavy atom. The Balaban J connectivity index is 1.46. The number of aliphatic hydroxyl groups excluding tert-OH is 1. The number of halogens is 2. The van der Waals surface area contributed by atoms with Crippen molar-refractivity contribution in [1.29, 1.82) is 0 Å². The smallest absolute Gasteiger partial charge is 0.251 e. The van der Waals surface area contributed by atoms with Crippen molar-refractivity contribution in [3.63, 3.8) is 0 Å². The summed E-state index contributed by atoms with van der Waals surface area (Å²) in [4.78, 5) is 19.4. The van der Waals surface area contributed by atoms with Gasteiger partial charge in [-0.2, -0.15) is 0 Å². The fourth-order valence-electron chi connectivity index (χ4n) is 4.04. The van der Waals surface area contributed by atoms with Gasteiger partial charge in [0, 0.05) is 31.4 Å². The molecule has 0 saturated carbocycles. The van der Waals surface area contributed by atoms with Gasteiger partial charge < -0.3 is 19.7 Å². The monoisotopic (exact) mass is 488 g/mol. The molecule has 0 aliphatic carbocycles. The van der Waals surface area contributed by atoms with Gasteiger partial charge in [0.2, 0.25) is 0 Å². The number of nitrogens with zero attached hydrogens (tertiary/aromatic N) is 3. The molecule has 2 atom stereocenters. The molecule has 9 heteroatoms. The van der Waals surface area contributed by atoms with E-state index in [0.29, 0.717) is 47.4 Å². The summed E-state index contributed by atoms with van der Waals surface area (Å²) in [6.07, 6.45) is 3.50. The Labute approximate surface area is 202 Å². The number of nitrogens with one attached hydrogen (secondary N) is 1. The fourth-order valence-corrected chi connectivity index (χ4v) is 4.42. The molecule has 3 aromatic rings. The molecular formula is C24H26Cl2N4O3. The lowest BCUT2D eigenvalue weighted by Crippen LogP contribution is -2.54. The quantitative estimate of drug-likeness (QED) is 0.550. The van der Waals surface area contributed by atoms with Gasteiger partial charge in [0.25, 0.3) is 5.91 Å². The van der Waals surface area contributed by atoms with E-state index in [4.69, 9.17) is 27.9 Å². The van der Waals surface area contributed by atoms with Crippen molar-refractivity contribution in [1.82, 2.24) is 19.8 Å². The van der Waals surface area contributed by atoms with Crippen molar-refractivity contribution in [2.24, 2.45) is 0 Å². The summed E-state index contributed by atoms with van der Waals surface area (Å²) < 4.78 is 7.35. The van der Waals surface area contributed by atoms with Crippen LogP contribution in [0.3, 0.4) is 0 Å². The molecule has 4 rings (SSSR count). The standard InChI is InChI=1S/C24H26Cl2N4O3/c1-15-11-30(14-27-15)20-7-6-16(10-22(20)33-2)24(32)28-19-13-29(9-8-21(19)31)12-17-4-3-5-18(25)23(17)26/h3-7,10-11,14,19,21,31H,8-9,12-13H2,1-2H3,(H,28,32). The minimum Gasteiger partial charge on any atom is -0.495 e. The van der Waals surface area contributed by atoms with E-state index in [1.807, 2.05) is 35.9 Å². The van der Waals surface area contributed by atoms with E-state index in [1.54, 1.807) is 31.6 Å². The van der Waals surface area contributed by atoms with Gasteiger partial charge in [-0.1, -0.05) is 35.3 Å². The second kappa shape index (κ2) is 10.1. The molecule has 0 bridgehead atoms. The molecule has 1 saturated heterocycles. The first-order valence-corrected chi connectivity index (χ1v) is 11.4. The summed E-state index contributed by atoms with van der Waals surface area (Å²) in [5.41, 5.74) is 3.04. The normalized spacial score (nSPS) is 18.8. The van der Waals surface area contributed by atoms with Gasteiger partial charge in [0.1, 0.15) is 5.75 Å². The molecule has 174 valence electrons. The van der Waals surface area contributed by atoms with E-state index in [9.17, 15) is 9.90 Å². The lowest BCUT2D eigenvalue weighted by molar-refractivity contribution is 0.0410. The van der Waals surface area contributed by atoms with Crippen LogP contribution in [0.4, 0.5) is 0 Å². The Morgan fingerprint density at radius 3 is 2.85 bits per heavy atom. The minimum absolute atomic E-state index is 0.270. The number of aromatic nitrogens is 2. The molecule has 33 heavy (non-hydrogen) atoms. The first-order valence-electron chi connectivity index (χ1n) is 10.7. The zero-order valence-electron chi connectivity index (χ0n) is 18.5. The van der Waals surface area contributed by atoms with Gasteiger partial charge in [-0.25, -0.2) is 4.98 Å². The van der Waals surface area contributed by atoms with Gasteiger partial charge >= 0.3 is 0 Å². The number of hydrogen-bond acceptors (Lipinski definition) is 5. The zero-order chi connectivity index (χ0) is 23.5. The van der Waals surface area contributed by atoms with E-state index in [0.717, 1.165) is 16.9 Å². The average molecular weight is 489 g/mol. The average Bonchev–Trinajstić information content (AvgIpc) is 3.24. The molecule has 1 aliphatic rings. The van der Waals surface area contributed by atoms with Crippen LogP contribution in [0.1, 0.15) is 28.0 Å². The molecule has 1 aromatic heterocycles. The summed E-state index contributed by atoms with van der Waals surface area (Å²) in [6, 6.07) is 10.4. The SMILES string of the molecule is COc1cc(C(=O)NC2CN(Cc3cccc(Cl)c3Cl)CCC2O)ccc1-n1cnc(C)c1. The Kier molecular flexibility index (Phi) is 7.24. The first kappa shape index (κ1) is 23.6. The topological polar surface area (TPSA) is 79.6 Å². The van der Waals surface area contributed by atoms with E-state index in [1.165, 1.54) is 0 Å². The van der Waals surface area contributed by atoms with Crippen LogP contribution in [-0.2, 0) is 6.54 Å². The second-order valence-corrected chi connectivity index (χ2v) is 8.98. The summed E-state index contributed by atoms with van der Waals surface area (Å²) >= 11 is 12.5. The van der Waals surface area contributed by atoms with Gasteiger partial charge in [0.05, 0.1) is 47.0 Å². The molecule has 7 nitrogen and oxygen atoms in total. The third-order valence-electron chi connectivity index (χ3n) is 5.83. The number of likely N-dealkylation sites (tertiary alicyclic amines) is 1. The van der Waals surface area contributed by atoms with Crippen molar-refractivity contribution in [3.05, 3.63) is 75.8 Å². The third-order valence-corrected chi connectivity index (χ3v) is 6.69. The highest BCUT2D eigenvalue weighted by Gasteiger charge is 2.30. The van der Waals surface area contributed by atoms with Crippen molar-refractivity contribution >= 4 is 29.1 Å². The lowest BCUT2D eigenvalue weighted by atomic mass is 10.0. The molecule has 1 fully saturated rings. The molecular weight excluding hydrogens is 463 g/mol. The largest absolute Gasteiger partial charge is 0.495 e. The Morgan fingerprint density at radius 2 is 2.12 bits per heavy atom. The molecule has 2 heterocycles. The van der Waals surface area contributed by atoms with Crippen molar-refractivity contribution in [3.8, 4) is 11.4 Å². The predicted molar refractivity (Wildman–Crippen MR) is 128 cm³/mol. The number of benzene rings is 2. The van der Waals surface area contributed by atoms with Gasteiger partial charge in [-0.3, -0.25) is 9.69 Å². The van der Waals surface area contributed by atoms with E-state index in [-0.39, 0.29) is 5.91 Å². The highest BCUT2D eigenvalue weighted by Crippen LogP contribution is 2.28. The lowest BCUT2D eigenvalue weighted by Gasteiger charge is -2.36. The minimum atomic E-state index is -0.630. The van der Waals surface area contributed by atoms with E-state index >= 15 is 0 Å². The van der Waals surface area contributed by atoms with Crippen LogP contribution in [0, 0.1) is 6.92 Å². The number of ether oxygens (including phenoxy) is 1.